The number of hydrogen-bond donors (Lipinski definition) is 2. The topological polar surface area (TPSA) is 57.5 Å². The highest BCUT2D eigenvalue weighted by atomic mass is 16.4. The molecule has 1 atom stereocenters. The summed E-state index contributed by atoms with van der Waals surface area (Å²) >= 11 is 0. The van der Waals surface area contributed by atoms with E-state index >= 15 is 0 Å². The van der Waals surface area contributed by atoms with E-state index in [9.17, 15) is 15.0 Å². The summed E-state index contributed by atoms with van der Waals surface area (Å²) in [5.74, 6) is -0.530. The van der Waals surface area contributed by atoms with Gasteiger partial charge in [0.1, 0.15) is 0 Å². The lowest BCUT2D eigenvalue weighted by Gasteiger charge is -2.77. The van der Waals surface area contributed by atoms with Crippen molar-refractivity contribution < 1.29 is 15.0 Å². The minimum atomic E-state index is -0.673. The molecule has 3 fully saturated rings. The molecule has 0 aromatic heterocycles. The quantitative estimate of drug-likeness (QED) is 0.707. The molecule has 2 N–H and O–H groups in total. The lowest BCUT2D eigenvalue weighted by atomic mass is 9.25. The van der Waals surface area contributed by atoms with Crippen LogP contribution in [0, 0.1) is 22.2 Å². The van der Waals surface area contributed by atoms with Crippen molar-refractivity contribution in [1.82, 2.24) is 0 Å². The number of rotatable bonds is 2. The molecule has 3 rings (SSSR count). The highest BCUT2D eigenvalue weighted by Gasteiger charge is 2.80. The Hall–Kier alpha value is -0.570. The predicted octanol–water partition coefficient (Wildman–Crippen LogP) is 1.51. The first-order valence-corrected chi connectivity index (χ1v) is 5.13. The summed E-state index contributed by atoms with van der Waals surface area (Å²) < 4.78 is 0. The molecule has 3 saturated carbocycles. The van der Waals surface area contributed by atoms with Gasteiger partial charge >= 0.3 is 5.97 Å². The Morgan fingerprint density at radius 1 is 1.43 bits per heavy atom. The van der Waals surface area contributed by atoms with Crippen LogP contribution in [0.1, 0.15) is 33.6 Å². The van der Waals surface area contributed by atoms with Gasteiger partial charge in [-0.25, -0.2) is 0 Å². The van der Waals surface area contributed by atoms with E-state index in [1.807, 2.05) is 0 Å². The Morgan fingerprint density at radius 2 is 1.93 bits per heavy atom. The van der Waals surface area contributed by atoms with Gasteiger partial charge < -0.3 is 10.2 Å². The summed E-state index contributed by atoms with van der Waals surface area (Å²) in [6, 6.07) is 0. The molecule has 0 amide bonds. The molecule has 0 aromatic rings. The van der Waals surface area contributed by atoms with Crippen LogP contribution in [0.2, 0.25) is 0 Å². The van der Waals surface area contributed by atoms with Crippen molar-refractivity contribution >= 4 is 5.97 Å². The normalized spacial score (nSPS) is 45.3. The SMILES string of the molecule is CC(C)(C)C1C2(CO)CC1(C(=O)O)C2. The van der Waals surface area contributed by atoms with E-state index in [-0.39, 0.29) is 23.4 Å². The fourth-order valence-corrected chi connectivity index (χ4v) is 4.16. The first-order valence-electron chi connectivity index (χ1n) is 5.13. The molecule has 3 heteroatoms. The molecular formula is C11H18O3. The Morgan fingerprint density at radius 3 is 2.21 bits per heavy atom. The summed E-state index contributed by atoms with van der Waals surface area (Å²) in [6.45, 7) is 6.35. The molecular weight excluding hydrogens is 180 g/mol. The van der Waals surface area contributed by atoms with Gasteiger partial charge in [-0.05, 0) is 24.2 Å². The van der Waals surface area contributed by atoms with Gasteiger partial charge in [-0.2, -0.15) is 0 Å². The highest BCUT2D eigenvalue weighted by molar-refractivity contribution is 5.80. The van der Waals surface area contributed by atoms with Crippen LogP contribution in [-0.4, -0.2) is 22.8 Å². The van der Waals surface area contributed by atoms with Gasteiger partial charge in [0.05, 0.1) is 5.41 Å². The number of carboxylic acid groups (broad SMARTS) is 1. The van der Waals surface area contributed by atoms with Crippen LogP contribution in [0.4, 0.5) is 0 Å². The number of aliphatic hydroxyl groups excluding tert-OH is 1. The fraction of sp³-hybridized carbons (Fsp3) is 0.909. The van der Waals surface area contributed by atoms with Crippen molar-refractivity contribution in [1.29, 1.82) is 0 Å². The van der Waals surface area contributed by atoms with Crippen molar-refractivity contribution in [2.75, 3.05) is 6.61 Å². The van der Waals surface area contributed by atoms with Crippen molar-refractivity contribution in [2.45, 2.75) is 33.6 Å². The zero-order valence-corrected chi connectivity index (χ0v) is 9.00. The summed E-state index contributed by atoms with van der Waals surface area (Å²) in [4.78, 5) is 11.2. The molecule has 0 aromatic carbocycles. The second kappa shape index (κ2) is 2.32. The van der Waals surface area contributed by atoms with Gasteiger partial charge in [-0.3, -0.25) is 4.79 Å². The maximum atomic E-state index is 11.2. The van der Waals surface area contributed by atoms with E-state index in [0.717, 1.165) is 0 Å². The molecule has 0 aliphatic heterocycles. The molecule has 0 spiro atoms. The van der Waals surface area contributed by atoms with E-state index < -0.39 is 11.4 Å². The second-order valence-corrected chi connectivity index (χ2v) is 6.13. The molecule has 3 nitrogen and oxygen atoms in total. The van der Waals surface area contributed by atoms with Crippen molar-refractivity contribution in [2.24, 2.45) is 22.2 Å². The lowest BCUT2D eigenvalue weighted by molar-refractivity contribution is -0.315. The summed E-state index contributed by atoms with van der Waals surface area (Å²) in [7, 11) is 0. The third-order valence-corrected chi connectivity index (χ3v) is 4.11. The molecule has 0 radical (unpaired) electrons. The molecule has 0 heterocycles. The Balaban J connectivity index is 2.27. The maximum Gasteiger partial charge on any atom is 0.310 e. The van der Waals surface area contributed by atoms with Crippen LogP contribution in [0.25, 0.3) is 0 Å². The van der Waals surface area contributed by atoms with Gasteiger partial charge in [-0.1, -0.05) is 20.8 Å². The number of hydrogen-bond acceptors (Lipinski definition) is 2. The standard InChI is InChI=1S/C11H18O3/c1-9(2,3)7-10(6-12)4-11(7,5-10)8(13)14/h7,12H,4-6H2,1-3H3,(H,13,14). The molecule has 80 valence electrons. The lowest BCUT2D eigenvalue weighted by Crippen LogP contribution is -2.77. The number of carbonyl (C=O) groups is 1. The monoisotopic (exact) mass is 198 g/mol. The van der Waals surface area contributed by atoms with Crippen LogP contribution in [-0.2, 0) is 4.79 Å². The molecule has 3 aliphatic carbocycles. The van der Waals surface area contributed by atoms with E-state index in [2.05, 4.69) is 20.8 Å². The average Bonchev–Trinajstić information content (AvgIpc) is 1.76. The van der Waals surface area contributed by atoms with Crippen molar-refractivity contribution in [3.8, 4) is 0 Å². The second-order valence-electron chi connectivity index (χ2n) is 6.13. The van der Waals surface area contributed by atoms with Crippen LogP contribution in [0.5, 0.6) is 0 Å². The van der Waals surface area contributed by atoms with E-state index in [0.29, 0.717) is 12.8 Å². The molecule has 14 heavy (non-hydrogen) atoms. The summed E-state index contributed by atoms with van der Waals surface area (Å²) in [5.41, 5.74) is -0.602. The minimum absolute atomic E-state index is 0.0162. The molecule has 2 bridgehead atoms. The Labute approximate surface area is 84.1 Å². The molecule has 3 aliphatic rings. The van der Waals surface area contributed by atoms with Gasteiger partial charge in [0.15, 0.2) is 0 Å². The first kappa shape index (κ1) is 9.97. The molecule has 0 saturated heterocycles. The van der Waals surface area contributed by atoms with Gasteiger partial charge in [0, 0.05) is 12.0 Å². The van der Waals surface area contributed by atoms with Gasteiger partial charge in [-0.15, -0.1) is 0 Å². The minimum Gasteiger partial charge on any atom is -0.481 e. The Kier molecular flexibility index (Phi) is 1.65. The summed E-state index contributed by atoms with van der Waals surface area (Å²) in [5, 5.41) is 18.5. The summed E-state index contributed by atoms with van der Waals surface area (Å²) in [6.07, 6.45) is 1.35. The Bertz CT molecular complexity index is 281. The van der Waals surface area contributed by atoms with Crippen LogP contribution >= 0.6 is 0 Å². The predicted molar refractivity (Wildman–Crippen MR) is 51.8 cm³/mol. The number of carboxylic acids is 1. The van der Waals surface area contributed by atoms with Crippen LogP contribution in [0.15, 0.2) is 0 Å². The number of aliphatic hydroxyl groups is 1. The maximum absolute atomic E-state index is 11.2. The van der Waals surface area contributed by atoms with E-state index in [1.54, 1.807) is 0 Å². The van der Waals surface area contributed by atoms with E-state index in [4.69, 9.17) is 0 Å². The van der Waals surface area contributed by atoms with Crippen molar-refractivity contribution in [3.05, 3.63) is 0 Å². The van der Waals surface area contributed by atoms with Crippen LogP contribution < -0.4 is 0 Å². The highest BCUT2D eigenvalue weighted by Crippen LogP contribution is 2.80. The molecule has 1 unspecified atom stereocenters. The van der Waals surface area contributed by atoms with Crippen molar-refractivity contribution in [3.63, 3.8) is 0 Å². The smallest absolute Gasteiger partial charge is 0.310 e. The fourth-order valence-electron chi connectivity index (χ4n) is 4.16. The number of aliphatic carboxylic acids is 1. The zero-order valence-electron chi connectivity index (χ0n) is 9.00. The van der Waals surface area contributed by atoms with Crippen LogP contribution in [0.3, 0.4) is 0 Å². The third-order valence-electron chi connectivity index (χ3n) is 4.11. The zero-order chi connectivity index (χ0) is 10.8. The average molecular weight is 198 g/mol. The third kappa shape index (κ3) is 0.842. The first-order chi connectivity index (χ1) is 6.28. The van der Waals surface area contributed by atoms with Gasteiger partial charge in [0.2, 0.25) is 0 Å². The van der Waals surface area contributed by atoms with Gasteiger partial charge in [0.25, 0.3) is 0 Å². The van der Waals surface area contributed by atoms with E-state index in [1.165, 1.54) is 0 Å². The largest absolute Gasteiger partial charge is 0.481 e.